The predicted octanol–water partition coefficient (Wildman–Crippen LogP) is 3.51. The maximum atomic E-state index is 13.1. The molecule has 140 valence electrons. The third-order valence-electron chi connectivity index (χ3n) is 4.32. The van der Waals surface area contributed by atoms with Crippen LogP contribution in [-0.2, 0) is 6.42 Å². The van der Waals surface area contributed by atoms with Crippen LogP contribution in [0.4, 0.5) is 16.0 Å². The number of nitrogens with one attached hydrogen (secondary N) is 1. The minimum Gasteiger partial charge on any atom is -0.382 e. The number of hydrogen-bond donors (Lipinski definition) is 2. The fourth-order valence-corrected chi connectivity index (χ4v) is 3.68. The van der Waals surface area contributed by atoms with E-state index in [0.717, 1.165) is 22.5 Å². The van der Waals surface area contributed by atoms with Gasteiger partial charge >= 0.3 is 0 Å². The van der Waals surface area contributed by atoms with Crippen LogP contribution in [0.3, 0.4) is 0 Å². The SMILES string of the molecule is N#Cc1c(CCCNc2ncnc3sccc23)nn(-c2ccc(F)cc2)c1N. The van der Waals surface area contributed by atoms with E-state index in [4.69, 9.17) is 5.73 Å². The van der Waals surface area contributed by atoms with E-state index in [9.17, 15) is 9.65 Å². The zero-order chi connectivity index (χ0) is 19.5. The van der Waals surface area contributed by atoms with Gasteiger partial charge in [0.15, 0.2) is 0 Å². The summed E-state index contributed by atoms with van der Waals surface area (Å²) >= 11 is 1.57. The van der Waals surface area contributed by atoms with E-state index in [-0.39, 0.29) is 11.6 Å². The van der Waals surface area contributed by atoms with Crippen molar-refractivity contribution in [1.82, 2.24) is 19.7 Å². The van der Waals surface area contributed by atoms with E-state index >= 15 is 0 Å². The first kappa shape index (κ1) is 17.9. The molecule has 4 rings (SSSR count). The van der Waals surface area contributed by atoms with Crippen molar-refractivity contribution < 1.29 is 4.39 Å². The normalized spacial score (nSPS) is 10.9. The Morgan fingerprint density at radius 2 is 2.04 bits per heavy atom. The van der Waals surface area contributed by atoms with Crippen LogP contribution in [-0.4, -0.2) is 26.3 Å². The van der Waals surface area contributed by atoms with Crippen LogP contribution in [0.2, 0.25) is 0 Å². The number of fused-ring (bicyclic) bond motifs is 1. The van der Waals surface area contributed by atoms with Crippen LogP contribution in [0.1, 0.15) is 17.7 Å². The molecule has 3 N–H and O–H groups in total. The van der Waals surface area contributed by atoms with Gasteiger partial charge in [0.2, 0.25) is 0 Å². The largest absolute Gasteiger partial charge is 0.382 e. The highest BCUT2D eigenvalue weighted by molar-refractivity contribution is 7.16. The Labute approximate surface area is 164 Å². The number of nitrogens with zero attached hydrogens (tertiary/aromatic N) is 5. The van der Waals surface area contributed by atoms with Gasteiger partial charge in [-0.2, -0.15) is 10.4 Å². The number of aromatic nitrogens is 4. The van der Waals surface area contributed by atoms with E-state index in [1.807, 2.05) is 11.4 Å². The molecule has 28 heavy (non-hydrogen) atoms. The lowest BCUT2D eigenvalue weighted by Crippen LogP contribution is -2.06. The Bertz CT molecular complexity index is 1160. The molecule has 9 heteroatoms. The molecule has 1 aromatic carbocycles. The summed E-state index contributed by atoms with van der Waals surface area (Å²) in [7, 11) is 0. The Hall–Kier alpha value is -3.51. The number of nitrogen functional groups attached to an aromatic ring is 1. The molecule has 0 atom stereocenters. The molecule has 0 aliphatic heterocycles. The minimum absolute atomic E-state index is 0.257. The minimum atomic E-state index is -0.342. The average Bonchev–Trinajstić information content (AvgIpc) is 3.30. The standard InChI is InChI=1S/C19H16FN7S/c20-12-3-5-13(6-4-12)27-17(22)15(10-21)16(26-27)2-1-8-23-18-14-7-9-28-19(14)25-11-24-18/h3-7,9,11H,1-2,8,22H2,(H,23,24,25). The summed E-state index contributed by atoms with van der Waals surface area (Å²) < 4.78 is 14.6. The fourth-order valence-electron chi connectivity index (χ4n) is 2.95. The average molecular weight is 393 g/mol. The summed E-state index contributed by atoms with van der Waals surface area (Å²) in [5, 5.41) is 20.2. The smallest absolute Gasteiger partial charge is 0.145 e. The molecule has 7 nitrogen and oxygen atoms in total. The molecule has 0 spiro atoms. The maximum absolute atomic E-state index is 13.1. The lowest BCUT2D eigenvalue weighted by Gasteiger charge is -2.05. The Balaban J connectivity index is 1.46. The van der Waals surface area contributed by atoms with E-state index in [1.54, 1.807) is 29.8 Å². The number of aryl methyl sites for hydroxylation is 1. The molecule has 0 fully saturated rings. The second-order valence-corrected chi connectivity index (χ2v) is 6.99. The number of nitriles is 1. The van der Waals surface area contributed by atoms with Crippen molar-refractivity contribution in [2.24, 2.45) is 0 Å². The lowest BCUT2D eigenvalue weighted by molar-refractivity contribution is 0.627. The summed E-state index contributed by atoms with van der Waals surface area (Å²) in [5.74, 6) is 0.710. The van der Waals surface area contributed by atoms with Crippen molar-refractivity contribution in [2.45, 2.75) is 12.8 Å². The van der Waals surface area contributed by atoms with Gasteiger partial charge in [-0.25, -0.2) is 19.0 Å². The van der Waals surface area contributed by atoms with Crippen LogP contribution in [0.15, 0.2) is 42.0 Å². The fraction of sp³-hybridized carbons (Fsp3) is 0.158. The molecule has 0 amide bonds. The van der Waals surface area contributed by atoms with Crippen molar-refractivity contribution in [2.75, 3.05) is 17.6 Å². The van der Waals surface area contributed by atoms with Crippen LogP contribution in [0, 0.1) is 17.1 Å². The molecule has 3 aromatic heterocycles. The van der Waals surface area contributed by atoms with E-state index in [1.165, 1.54) is 16.8 Å². The maximum Gasteiger partial charge on any atom is 0.145 e. The second-order valence-electron chi connectivity index (χ2n) is 6.10. The third-order valence-corrected chi connectivity index (χ3v) is 5.14. The van der Waals surface area contributed by atoms with Gasteiger partial charge in [0.1, 0.15) is 40.2 Å². The van der Waals surface area contributed by atoms with Crippen molar-refractivity contribution >= 4 is 33.2 Å². The molecule has 0 saturated heterocycles. The molecule has 0 unspecified atom stereocenters. The van der Waals surface area contributed by atoms with Crippen LogP contribution in [0.5, 0.6) is 0 Å². The molecule has 3 heterocycles. The van der Waals surface area contributed by atoms with Crippen LogP contribution < -0.4 is 11.1 Å². The van der Waals surface area contributed by atoms with Gasteiger partial charge in [-0.1, -0.05) is 0 Å². The number of thiophene rings is 1. The van der Waals surface area contributed by atoms with Crippen molar-refractivity contribution in [3.63, 3.8) is 0 Å². The summed E-state index contributed by atoms with van der Waals surface area (Å²) in [4.78, 5) is 9.45. The van der Waals surface area contributed by atoms with E-state index in [2.05, 4.69) is 26.5 Å². The van der Waals surface area contributed by atoms with Crippen LogP contribution >= 0.6 is 11.3 Å². The molecule has 0 bridgehead atoms. The molecule has 0 radical (unpaired) electrons. The number of hydrogen-bond acceptors (Lipinski definition) is 7. The highest BCUT2D eigenvalue weighted by Gasteiger charge is 2.16. The number of nitrogens with two attached hydrogens (primary N) is 1. The predicted molar refractivity (Wildman–Crippen MR) is 107 cm³/mol. The zero-order valence-corrected chi connectivity index (χ0v) is 15.6. The summed E-state index contributed by atoms with van der Waals surface area (Å²) in [6.45, 7) is 0.663. The Kier molecular flexibility index (Phi) is 4.87. The van der Waals surface area contributed by atoms with Crippen molar-refractivity contribution in [3.8, 4) is 11.8 Å². The molecule has 4 aromatic rings. The summed E-state index contributed by atoms with van der Waals surface area (Å²) in [6, 6.07) is 9.93. The quantitative estimate of drug-likeness (QED) is 0.486. The summed E-state index contributed by atoms with van der Waals surface area (Å²) in [5.41, 5.74) is 7.67. The van der Waals surface area contributed by atoms with Gasteiger partial charge in [0.05, 0.1) is 16.8 Å². The van der Waals surface area contributed by atoms with Gasteiger partial charge in [0, 0.05) is 6.54 Å². The number of anilines is 2. The van der Waals surface area contributed by atoms with E-state index in [0.29, 0.717) is 29.9 Å². The van der Waals surface area contributed by atoms with Crippen LogP contribution in [0.25, 0.3) is 15.9 Å². The highest BCUT2D eigenvalue weighted by atomic mass is 32.1. The Morgan fingerprint density at radius 3 is 2.82 bits per heavy atom. The lowest BCUT2D eigenvalue weighted by atomic mass is 10.1. The first-order valence-corrected chi connectivity index (χ1v) is 9.51. The first-order chi connectivity index (χ1) is 13.7. The monoisotopic (exact) mass is 393 g/mol. The van der Waals surface area contributed by atoms with Crippen molar-refractivity contribution in [3.05, 3.63) is 59.1 Å². The molecule has 0 aliphatic rings. The number of rotatable bonds is 6. The van der Waals surface area contributed by atoms with E-state index < -0.39 is 0 Å². The summed E-state index contributed by atoms with van der Waals surface area (Å²) in [6.07, 6.45) is 2.86. The van der Waals surface area contributed by atoms with Gasteiger partial charge < -0.3 is 11.1 Å². The van der Waals surface area contributed by atoms with Gasteiger partial charge in [-0.3, -0.25) is 0 Å². The molecular formula is C19H16FN7S. The zero-order valence-electron chi connectivity index (χ0n) is 14.8. The first-order valence-electron chi connectivity index (χ1n) is 8.63. The van der Waals surface area contributed by atoms with Gasteiger partial charge in [-0.05, 0) is 48.6 Å². The van der Waals surface area contributed by atoms with Gasteiger partial charge in [-0.15, -0.1) is 11.3 Å². The topological polar surface area (TPSA) is 105 Å². The van der Waals surface area contributed by atoms with Crippen molar-refractivity contribution in [1.29, 1.82) is 5.26 Å². The second kappa shape index (κ2) is 7.62. The Morgan fingerprint density at radius 1 is 1.21 bits per heavy atom. The molecule has 0 saturated carbocycles. The highest BCUT2D eigenvalue weighted by Crippen LogP contribution is 2.24. The number of halogens is 1. The molecular weight excluding hydrogens is 377 g/mol. The third kappa shape index (κ3) is 3.37. The van der Waals surface area contributed by atoms with Gasteiger partial charge in [0.25, 0.3) is 0 Å². The molecule has 0 aliphatic carbocycles. The number of benzene rings is 1.